The van der Waals surface area contributed by atoms with E-state index in [1.807, 2.05) is 19.0 Å². The predicted octanol–water partition coefficient (Wildman–Crippen LogP) is 1.52. The van der Waals surface area contributed by atoms with Crippen LogP contribution in [0.15, 0.2) is 24.3 Å². The molecule has 8 heteroatoms. The standard InChI is InChI=1S/C15H22N4O4/c1-17(2)11-15(21)7-9-18(10-8-15)14(20)16-12-3-5-13(6-4-12)19(22)23/h3-6,21H,7-11H2,1-2H3,(H,16,20). The number of hydrogen-bond donors (Lipinski definition) is 2. The molecule has 2 rings (SSSR count). The molecule has 1 aromatic carbocycles. The van der Waals surface area contributed by atoms with Crippen molar-refractivity contribution < 1.29 is 14.8 Å². The molecular weight excluding hydrogens is 300 g/mol. The minimum Gasteiger partial charge on any atom is -0.388 e. The summed E-state index contributed by atoms with van der Waals surface area (Å²) in [6.45, 7) is 1.52. The van der Waals surface area contributed by atoms with E-state index in [-0.39, 0.29) is 11.7 Å². The molecule has 0 radical (unpaired) electrons. The molecular formula is C15H22N4O4. The first-order chi connectivity index (χ1) is 10.8. The van der Waals surface area contributed by atoms with Gasteiger partial charge < -0.3 is 20.2 Å². The lowest BCUT2D eigenvalue weighted by Gasteiger charge is -2.39. The molecule has 0 spiro atoms. The average Bonchev–Trinajstić information content (AvgIpc) is 2.47. The van der Waals surface area contributed by atoms with E-state index < -0.39 is 10.5 Å². The van der Waals surface area contributed by atoms with Gasteiger partial charge in [-0.25, -0.2) is 4.79 Å². The Labute approximate surface area is 134 Å². The van der Waals surface area contributed by atoms with Gasteiger partial charge in [-0.15, -0.1) is 0 Å². The van der Waals surface area contributed by atoms with Gasteiger partial charge in [0.2, 0.25) is 0 Å². The zero-order valence-corrected chi connectivity index (χ0v) is 13.4. The summed E-state index contributed by atoms with van der Waals surface area (Å²) in [7, 11) is 3.82. The number of carbonyl (C=O) groups excluding carboxylic acids is 1. The van der Waals surface area contributed by atoms with Gasteiger partial charge in [0.25, 0.3) is 5.69 Å². The number of nitrogens with one attached hydrogen (secondary N) is 1. The third-order valence-electron chi connectivity index (χ3n) is 3.92. The number of carbonyl (C=O) groups is 1. The first-order valence-corrected chi connectivity index (χ1v) is 7.47. The molecule has 0 aromatic heterocycles. The lowest BCUT2D eigenvalue weighted by molar-refractivity contribution is -0.384. The number of urea groups is 1. The fourth-order valence-corrected chi connectivity index (χ4v) is 2.74. The normalized spacial score (nSPS) is 17.1. The predicted molar refractivity (Wildman–Crippen MR) is 86.4 cm³/mol. The molecule has 2 amide bonds. The molecule has 0 atom stereocenters. The molecule has 0 unspecified atom stereocenters. The van der Waals surface area contributed by atoms with Crippen LogP contribution in [0.5, 0.6) is 0 Å². The minimum atomic E-state index is -0.756. The van der Waals surface area contributed by atoms with Crippen molar-refractivity contribution in [3.05, 3.63) is 34.4 Å². The van der Waals surface area contributed by atoms with Crippen molar-refractivity contribution in [2.45, 2.75) is 18.4 Å². The van der Waals surface area contributed by atoms with E-state index in [9.17, 15) is 20.0 Å². The van der Waals surface area contributed by atoms with Crippen LogP contribution in [0, 0.1) is 10.1 Å². The molecule has 0 saturated carbocycles. The maximum Gasteiger partial charge on any atom is 0.321 e. The van der Waals surface area contributed by atoms with Crippen molar-refractivity contribution in [2.75, 3.05) is 39.0 Å². The van der Waals surface area contributed by atoms with Crippen molar-refractivity contribution >= 4 is 17.4 Å². The highest BCUT2D eigenvalue weighted by molar-refractivity contribution is 5.89. The fourth-order valence-electron chi connectivity index (χ4n) is 2.74. The Balaban J connectivity index is 1.89. The fraction of sp³-hybridized carbons (Fsp3) is 0.533. The highest BCUT2D eigenvalue weighted by Gasteiger charge is 2.34. The van der Waals surface area contributed by atoms with Gasteiger partial charge >= 0.3 is 6.03 Å². The van der Waals surface area contributed by atoms with Gasteiger partial charge in [-0.1, -0.05) is 0 Å². The third kappa shape index (κ3) is 4.64. The Morgan fingerprint density at radius 2 is 1.91 bits per heavy atom. The summed E-state index contributed by atoms with van der Waals surface area (Å²) in [5.74, 6) is 0. The second-order valence-electron chi connectivity index (χ2n) is 6.18. The molecule has 1 aliphatic rings. The Hall–Kier alpha value is -2.19. The van der Waals surface area contributed by atoms with E-state index in [1.54, 1.807) is 4.90 Å². The number of likely N-dealkylation sites (tertiary alicyclic amines) is 1. The van der Waals surface area contributed by atoms with Crippen LogP contribution in [0.1, 0.15) is 12.8 Å². The Morgan fingerprint density at radius 1 is 1.35 bits per heavy atom. The van der Waals surface area contributed by atoms with Crippen LogP contribution in [0.4, 0.5) is 16.2 Å². The molecule has 126 valence electrons. The molecule has 0 bridgehead atoms. The molecule has 8 nitrogen and oxygen atoms in total. The van der Waals surface area contributed by atoms with Crippen molar-refractivity contribution in [3.8, 4) is 0 Å². The second-order valence-corrected chi connectivity index (χ2v) is 6.18. The van der Waals surface area contributed by atoms with Crippen molar-refractivity contribution in [3.63, 3.8) is 0 Å². The van der Waals surface area contributed by atoms with Crippen molar-refractivity contribution in [2.24, 2.45) is 0 Å². The number of nitro groups is 1. The molecule has 23 heavy (non-hydrogen) atoms. The molecule has 1 fully saturated rings. The van der Waals surface area contributed by atoms with Crippen LogP contribution in [0.3, 0.4) is 0 Å². The number of non-ortho nitro benzene ring substituents is 1. The van der Waals surface area contributed by atoms with Gasteiger partial charge in [0.05, 0.1) is 10.5 Å². The first-order valence-electron chi connectivity index (χ1n) is 7.47. The summed E-state index contributed by atoms with van der Waals surface area (Å²) in [6, 6.07) is 5.44. The maximum atomic E-state index is 12.2. The third-order valence-corrected chi connectivity index (χ3v) is 3.92. The Kier molecular flexibility index (Phi) is 5.17. The molecule has 1 aromatic rings. The number of likely N-dealkylation sites (N-methyl/N-ethyl adjacent to an activating group) is 1. The summed E-state index contributed by atoms with van der Waals surface area (Å²) in [5, 5.41) is 23.8. The topological polar surface area (TPSA) is 99.0 Å². The summed E-state index contributed by atoms with van der Waals surface area (Å²) < 4.78 is 0. The zero-order chi connectivity index (χ0) is 17.0. The Morgan fingerprint density at radius 3 is 2.39 bits per heavy atom. The molecule has 1 heterocycles. The van der Waals surface area contributed by atoms with Gasteiger partial charge in [-0.05, 0) is 39.1 Å². The van der Waals surface area contributed by atoms with Crippen molar-refractivity contribution in [1.82, 2.24) is 9.80 Å². The molecule has 1 saturated heterocycles. The molecule has 1 aliphatic heterocycles. The monoisotopic (exact) mass is 322 g/mol. The minimum absolute atomic E-state index is 0.0188. The maximum absolute atomic E-state index is 12.2. The van der Waals surface area contributed by atoms with Gasteiger partial charge in [-0.2, -0.15) is 0 Å². The highest BCUT2D eigenvalue weighted by atomic mass is 16.6. The van der Waals surface area contributed by atoms with Gasteiger partial charge in [0, 0.05) is 37.5 Å². The number of rotatable bonds is 4. The number of aliphatic hydroxyl groups is 1. The lowest BCUT2D eigenvalue weighted by atomic mass is 9.91. The number of hydrogen-bond acceptors (Lipinski definition) is 5. The van der Waals surface area contributed by atoms with Gasteiger partial charge in [-0.3, -0.25) is 10.1 Å². The van der Waals surface area contributed by atoms with E-state index in [2.05, 4.69) is 5.32 Å². The molecule has 2 N–H and O–H groups in total. The van der Waals surface area contributed by atoms with Crippen LogP contribution in [-0.4, -0.2) is 65.2 Å². The number of benzene rings is 1. The van der Waals surface area contributed by atoms with Crippen LogP contribution < -0.4 is 5.32 Å². The first kappa shape index (κ1) is 17.2. The van der Waals surface area contributed by atoms with Gasteiger partial charge in [0.1, 0.15) is 0 Å². The van der Waals surface area contributed by atoms with Crippen LogP contribution in [0.2, 0.25) is 0 Å². The number of piperidine rings is 1. The smallest absolute Gasteiger partial charge is 0.321 e. The van der Waals surface area contributed by atoms with Gasteiger partial charge in [0.15, 0.2) is 0 Å². The number of anilines is 1. The van der Waals surface area contributed by atoms with Crippen LogP contribution >= 0.6 is 0 Å². The summed E-state index contributed by atoms with van der Waals surface area (Å²) >= 11 is 0. The summed E-state index contributed by atoms with van der Waals surface area (Å²) in [5.41, 5.74) is -0.266. The van der Waals surface area contributed by atoms with E-state index >= 15 is 0 Å². The van der Waals surface area contributed by atoms with E-state index in [4.69, 9.17) is 0 Å². The number of amides is 2. The zero-order valence-electron chi connectivity index (χ0n) is 13.4. The number of nitrogens with zero attached hydrogens (tertiary/aromatic N) is 3. The van der Waals surface area contributed by atoms with E-state index in [0.29, 0.717) is 38.2 Å². The molecule has 0 aliphatic carbocycles. The van der Waals surface area contributed by atoms with E-state index in [1.165, 1.54) is 24.3 Å². The lowest BCUT2D eigenvalue weighted by Crippen LogP contribution is -2.51. The Bertz CT molecular complexity index is 565. The van der Waals surface area contributed by atoms with E-state index in [0.717, 1.165) is 0 Å². The average molecular weight is 322 g/mol. The van der Waals surface area contributed by atoms with Crippen molar-refractivity contribution in [1.29, 1.82) is 0 Å². The SMILES string of the molecule is CN(C)CC1(O)CCN(C(=O)Nc2ccc([N+](=O)[O-])cc2)CC1. The second kappa shape index (κ2) is 6.93. The quantitative estimate of drug-likeness (QED) is 0.647. The van der Waals surface area contributed by atoms with Crippen LogP contribution in [0.25, 0.3) is 0 Å². The van der Waals surface area contributed by atoms with Crippen LogP contribution in [-0.2, 0) is 0 Å². The summed E-state index contributed by atoms with van der Waals surface area (Å²) in [4.78, 5) is 25.9. The summed E-state index contributed by atoms with van der Waals surface area (Å²) in [6.07, 6.45) is 1.05. The largest absolute Gasteiger partial charge is 0.388 e. The number of nitro benzene ring substituents is 1. The highest BCUT2D eigenvalue weighted by Crippen LogP contribution is 2.23.